The lowest BCUT2D eigenvalue weighted by Crippen LogP contribution is -2.19. The maximum atomic E-state index is 2.40. The molecule has 0 aliphatic rings. The number of unbranched alkanes of at least 4 members (excludes halogenated alkanes) is 1. The van der Waals surface area contributed by atoms with Crippen molar-refractivity contribution < 1.29 is 0 Å². The van der Waals surface area contributed by atoms with Crippen LogP contribution in [0, 0.1) is 5.41 Å². The van der Waals surface area contributed by atoms with Gasteiger partial charge in [0.25, 0.3) is 0 Å². The van der Waals surface area contributed by atoms with Gasteiger partial charge in [0.05, 0.1) is 0 Å². The van der Waals surface area contributed by atoms with E-state index in [1.807, 2.05) is 0 Å². The van der Waals surface area contributed by atoms with Gasteiger partial charge in [-0.15, -0.1) is 0 Å². The number of benzene rings is 1. The van der Waals surface area contributed by atoms with E-state index in [0.29, 0.717) is 11.3 Å². The van der Waals surface area contributed by atoms with Gasteiger partial charge in [-0.3, -0.25) is 0 Å². The molecule has 0 saturated carbocycles. The Bertz CT molecular complexity index is 318. The summed E-state index contributed by atoms with van der Waals surface area (Å²) < 4.78 is 0. The molecule has 0 nitrogen and oxygen atoms in total. The first kappa shape index (κ1) is 14.3. The molecule has 0 bridgehead atoms. The Hall–Kier alpha value is -0.780. The highest BCUT2D eigenvalue weighted by molar-refractivity contribution is 5.26. The van der Waals surface area contributed by atoms with Crippen molar-refractivity contribution in [3.8, 4) is 0 Å². The van der Waals surface area contributed by atoms with Crippen molar-refractivity contribution in [3.63, 3.8) is 0 Å². The molecule has 17 heavy (non-hydrogen) atoms. The zero-order chi connectivity index (χ0) is 12.9. The number of aryl methyl sites for hydroxylation is 1. The first-order valence-electron chi connectivity index (χ1n) is 7.10. The predicted octanol–water partition coefficient (Wildman–Crippen LogP) is 5.57. The zero-order valence-electron chi connectivity index (χ0n) is 12.2. The fourth-order valence-electron chi connectivity index (χ4n) is 2.34. The van der Waals surface area contributed by atoms with Crippen molar-refractivity contribution >= 4 is 0 Å². The van der Waals surface area contributed by atoms with Crippen LogP contribution in [0.1, 0.15) is 70.9 Å². The molecule has 1 unspecified atom stereocenters. The summed E-state index contributed by atoms with van der Waals surface area (Å²) in [5, 5.41) is 0. The van der Waals surface area contributed by atoms with Gasteiger partial charge < -0.3 is 0 Å². The smallest absolute Gasteiger partial charge is 0.0139 e. The maximum Gasteiger partial charge on any atom is -0.0139 e. The summed E-state index contributed by atoms with van der Waals surface area (Å²) in [4.78, 5) is 0. The molecular weight excluding hydrogens is 204 g/mol. The highest BCUT2D eigenvalue weighted by Gasteiger charge is 2.26. The summed E-state index contributed by atoms with van der Waals surface area (Å²) in [6.45, 7) is 11.7. The van der Waals surface area contributed by atoms with Crippen molar-refractivity contribution in [2.24, 2.45) is 5.41 Å². The Morgan fingerprint density at radius 3 is 2.12 bits per heavy atom. The minimum Gasteiger partial charge on any atom is -0.0654 e. The minimum absolute atomic E-state index is 0.406. The first-order chi connectivity index (χ1) is 8.01. The van der Waals surface area contributed by atoms with Crippen molar-refractivity contribution in [3.05, 3.63) is 35.4 Å². The lowest BCUT2D eigenvalue weighted by Gasteiger charge is -2.32. The molecule has 1 rings (SSSR count). The number of hydrogen-bond donors (Lipinski definition) is 0. The number of rotatable bonds is 6. The summed E-state index contributed by atoms with van der Waals surface area (Å²) in [6.07, 6.45) is 5.09. The third-order valence-electron chi connectivity index (χ3n) is 4.23. The van der Waals surface area contributed by atoms with Crippen LogP contribution in [0.4, 0.5) is 0 Å². The highest BCUT2D eigenvalue weighted by Crippen LogP contribution is 2.39. The molecule has 0 fully saturated rings. The van der Waals surface area contributed by atoms with Gasteiger partial charge >= 0.3 is 0 Å². The van der Waals surface area contributed by atoms with Gasteiger partial charge in [-0.1, -0.05) is 71.7 Å². The van der Waals surface area contributed by atoms with Crippen LogP contribution in [0.3, 0.4) is 0 Å². The van der Waals surface area contributed by atoms with Crippen LogP contribution in [0.2, 0.25) is 0 Å². The van der Waals surface area contributed by atoms with Gasteiger partial charge in [-0.05, 0) is 35.3 Å². The molecule has 0 heteroatoms. The molecule has 0 saturated heterocycles. The van der Waals surface area contributed by atoms with E-state index in [9.17, 15) is 0 Å². The molecule has 0 spiro atoms. The molecular formula is C17H28. The summed E-state index contributed by atoms with van der Waals surface area (Å²) in [5.74, 6) is 0.639. The molecule has 0 amide bonds. The lowest BCUT2D eigenvalue weighted by atomic mass is 9.73. The van der Waals surface area contributed by atoms with Crippen LogP contribution < -0.4 is 0 Å². The average Bonchev–Trinajstić information content (AvgIpc) is 2.35. The van der Waals surface area contributed by atoms with Gasteiger partial charge in [0.2, 0.25) is 0 Å². The molecule has 0 aliphatic carbocycles. The maximum absolute atomic E-state index is 2.40. The summed E-state index contributed by atoms with van der Waals surface area (Å²) >= 11 is 0. The van der Waals surface area contributed by atoms with Crippen LogP contribution in [0.25, 0.3) is 0 Å². The third kappa shape index (κ3) is 3.87. The highest BCUT2D eigenvalue weighted by atomic mass is 14.3. The second-order valence-electron chi connectivity index (χ2n) is 5.91. The summed E-state index contributed by atoms with van der Waals surface area (Å²) in [7, 11) is 0. The van der Waals surface area contributed by atoms with E-state index in [2.05, 4.69) is 58.9 Å². The van der Waals surface area contributed by atoms with E-state index in [0.717, 1.165) is 6.42 Å². The fraction of sp³-hybridized carbons (Fsp3) is 0.647. The van der Waals surface area contributed by atoms with Gasteiger partial charge in [0, 0.05) is 0 Å². The Labute approximate surface area is 107 Å². The van der Waals surface area contributed by atoms with E-state index in [1.54, 1.807) is 0 Å². The summed E-state index contributed by atoms with van der Waals surface area (Å²) in [6, 6.07) is 9.19. The van der Waals surface area contributed by atoms with Gasteiger partial charge in [0.15, 0.2) is 0 Å². The van der Waals surface area contributed by atoms with Crippen LogP contribution in [0.15, 0.2) is 24.3 Å². The van der Waals surface area contributed by atoms with Crippen LogP contribution >= 0.6 is 0 Å². The molecule has 0 aromatic heterocycles. The quantitative estimate of drug-likeness (QED) is 0.601. The summed E-state index contributed by atoms with van der Waals surface area (Å²) in [5.41, 5.74) is 3.33. The minimum atomic E-state index is 0.406. The van der Waals surface area contributed by atoms with E-state index in [1.165, 1.54) is 30.4 Å². The van der Waals surface area contributed by atoms with Gasteiger partial charge in [-0.2, -0.15) is 0 Å². The Kier molecular flexibility index (Phi) is 5.24. The Morgan fingerprint density at radius 1 is 1.06 bits per heavy atom. The molecule has 1 atom stereocenters. The second kappa shape index (κ2) is 6.23. The van der Waals surface area contributed by atoms with Gasteiger partial charge in [0.1, 0.15) is 0 Å². The average molecular weight is 232 g/mol. The van der Waals surface area contributed by atoms with E-state index in [-0.39, 0.29) is 0 Å². The van der Waals surface area contributed by atoms with Crippen LogP contribution in [0.5, 0.6) is 0 Å². The predicted molar refractivity (Wildman–Crippen MR) is 77.5 cm³/mol. The fourth-order valence-corrected chi connectivity index (χ4v) is 2.34. The molecule has 96 valence electrons. The third-order valence-corrected chi connectivity index (χ3v) is 4.23. The monoisotopic (exact) mass is 232 g/mol. The van der Waals surface area contributed by atoms with E-state index in [4.69, 9.17) is 0 Å². The van der Waals surface area contributed by atoms with Crippen molar-refractivity contribution in [1.29, 1.82) is 0 Å². The molecule has 0 radical (unpaired) electrons. The van der Waals surface area contributed by atoms with Crippen molar-refractivity contribution in [2.75, 3.05) is 0 Å². The molecule has 1 aromatic rings. The van der Waals surface area contributed by atoms with E-state index < -0.39 is 0 Å². The lowest BCUT2D eigenvalue weighted by molar-refractivity contribution is 0.268. The normalized spacial score (nSPS) is 13.7. The van der Waals surface area contributed by atoms with Crippen molar-refractivity contribution in [1.82, 2.24) is 0 Å². The van der Waals surface area contributed by atoms with Gasteiger partial charge in [-0.25, -0.2) is 0 Å². The number of hydrogen-bond acceptors (Lipinski definition) is 0. The molecule has 1 aromatic carbocycles. The van der Waals surface area contributed by atoms with Crippen LogP contribution in [-0.2, 0) is 6.42 Å². The standard InChI is InChI=1S/C17H28/c1-6-8-13-17(4,5)14(3)16-11-9-15(7-2)10-12-16/h9-12,14H,6-8,13H2,1-5H3. The topological polar surface area (TPSA) is 0 Å². The Balaban J connectivity index is 2.76. The van der Waals surface area contributed by atoms with Crippen LogP contribution in [-0.4, -0.2) is 0 Å². The SMILES string of the molecule is CCCCC(C)(C)C(C)c1ccc(CC)cc1. The first-order valence-corrected chi connectivity index (χ1v) is 7.10. The molecule has 0 aliphatic heterocycles. The largest absolute Gasteiger partial charge is 0.0654 e. The zero-order valence-corrected chi connectivity index (χ0v) is 12.2. The molecule has 0 heterocycles. The Morgan fingerprint density at radius 2 is 1.65 bits per heavy atom. The molecule has 0 N–H and O–H groups in total. The second-order valence-corrected chi connectivity index (χ2v) is 5.91. The van der Waals surface area contributed by atoms with Crippen molar-refractivity contribution in [2.45, 2.75) is 66.2 Å². The van der Waals surface area contributed by atoms with E-state index >= 15 is 0 Å².